The second kappa shape index (κ2) is 11.9. The second-order valence-corrected chi connectivity index (χ2v) is 10.4. The van der Waals surface area contributed by atoms with Crippen molar-refractivity contribution < 1.29 is 22.7 Å². The van der Waals surface area contributed by atoms with Gasteiger partial charge in [-0.15, -0.1) is 0 Å². The van der Waals surface area contributed by atoms with Crippen LogP contribution in [-0.2, 0) is 26.2 Å². The average molecular weight is 512 g/mol. The maximum absolute atomic E-state index is 13.8. The van der Waals surface area contributed by atoms with Crippen molar-refractivity contribution in [2.24, 2.45) is 0 Å². The van der Waals surface area contributed by atoms with Crippen LogP contribution in [-0.4, -0.2) is 57.6 Å². The zero-order valence-electron chi connectivity index (χ0n) is 21.1. The molecule has 0 heterocycles. The Balaban J connectivity index is 2.01. The lowest BCUT2D eigenvalue weighted by Crippen LogP contribution is -2.52. The minimum absolute atomic E-state index is 0.144. The summed E-state index contributed by atoms with van der Waals surface area (Å²) in [5.41, 5.74) is 1.21. The summed E-state index contributed by atoms with van der Waals surface area (Å²) < 4.78 is 32.1. The summed E-state index contributed by atoms with van der Waals surface area (Å²) in [6.07, 6.45) is 1.46. The van der Waals surface area contributed by atoms with Crippen LogP contribution in [0, 0.1) is 0 Å². The molecule has 0 spiro atoms. The van der Waals surface area contributed by atoms with Gasteiger partial charge in [-0.3, -0.25) is 13.9 Å². The molecule has 0 saturated carbocycles. The number of likely N-dealkylation sites (N-methyl/N-ethyl adjacent to an activating group) is 1. The molecule has 0 aliphatic carbocycles. The van der Waals surface area contributed by atoms with E-state index in [1.165, 1.54) is 4.90 Å². The van der Waals surface area contributed by atoms with Gasteiger partial charge in [-0.1, -0.05) is 55.5 Å². The maximum Gasteiger partial charge on any atom is 0.244 e. The highest BCUT2D eigenvalue weighted by atomic mass is 32.2. The fourth-order valence-corrected chi connectivity index (χ4v) is 5.02. The van der Waals surface area contributed by atoms with Gasteiger partial charge in [0.25, 0.3) is 0 Å². The summed E-state index contributed by atoms with van der Waals surface area (Å²) in [6, 6.07) is 19.2. The van der Waals surface area contributed by atoms with E-state index >= 15 is 0 Å². The Morgan fingerprint density at radius 2 is 1.64 bits per heavy atom. The van der Waals surface area contributed by atoms with Gasteiger partial charge in [-0.05, 0) is 42.5 Å². The molecule has 3 aromatic carbocycles. The molecule has 1 N–H and O–H groups in total. The highest BCUT2D eigenvalue weighted by Crippen LogP contribution is 2.29. The molecule has 3 aromatic rings. The summed E-state index contributed by atoms with van der Waals surface area (Å²) >= 11 is 0. The van der Waals surface area contributed by atoms with E-state index in [-0.39, 0.29) is 12.5 Å². The van der Waals surface area contributed by atoms with Crippen molar-refractivity contribution >= 4 is 38.3 Å². The van der Waals surface area contributed by atoms with Gasteiger partial charge >= 0.3 is 0 Å². The molecule has 0 saturated heterocycles. The van der Waals surface area contributed by atoms with Crippen LogP contribution < -0.4 is 14.4 Å². The molecule has 192 valence electrons. The number of amides is 2. The normalized spacial score (nSPS) is 12.1. The fourth-order valence-electron chi connectivity index (χ4n) is 4.16. The highest BCUT2D eigenvalue weighted by Gasteiger charge is 2.32. The Kier molecular flexibility index (Phi) is 8.93. The monoisotopic (exact) mass is 511 g/mol. The zero-order chi connectivity index (χ0) is 26.3. The first-order valence-corrected chi connectivity index (χ1v) is 13.7. The summed E-state index contributed by atoms with van der Waals surface area (Å²) in [5, 5.41) is 4.37. The summed E-state index contributed by atoms with van der Waals surface area (Å²) in [6.45, 7) is 3.77. The Morgan fingerprint density at radius 1 is 0.972 bits per heavy atom. The number of nitrogens with zero attached hydrogens (tertiary/aromatic N) is 2. The van der Waals surface area contributed by atoms with Gasteiger partial charge in [0.1, 0.15) is 18.3 Å². The van der Waals surface area contributed by atoms with Crippen molar-refractivity contribution in [3.63, 3.8) is 0 Å². The molecule has 9 heteroatoms. The second-order valence-electron chi connectivity index (χ2n) is 8.46. The van der Waals surface area contributed by atoms with Gasteiger partial charge in [-0.2, -0.15) is 0 Å². The molecule has 2 amide bonds. The van der Waals surface area contributed by atoms with Crippen molar-refractivity contribution in [3.8, 4) is 5.75 Å². The molecule has 0 unspecified atom stereocenters. The van der Waals surface area contributed by atoms with Crippen molar-refractivity contribution in [2.75, 3.05) is 30.8 Å². The third-order valence-electron chi connectivity index (χ3n) is 5.96. The number of hydrogen-bond acceptors (Lipinski definition) is 5. The van der Waals surface area contributed by atoms with E-state index in [0.29, 0.717) is 24.4 Å². The molecule has 0 aliphatic rings. The maximum atomic E-state index is 13.8. The number of ether oxygens (including phenoxy) is 1. The van der Waals surface area contributed by atoms with Crippen LogP contribution in [0.15, 0.2) is 66.7 Å². The average Bonchev–Trinajstić information content (AvgIpc) is 2.86. The van der Waals surface area contributed by atoms with Crippen LogP contribution in [0.25, 0.3) is 10.8 Å². The lowest BCUT2D eigenvalue weighted by molar-refractivity contribution is -0.140. The first kappa shape index (κ1) is 27.0. The lowest BCUT2D eigenvalue weighted by Gasteiger charge is -2.33. The van der Waals surface area contributed by atoms with Crippen molar-refractivity contribution in [1.82, 2.24) is 10.2 Å². The van der Waals surface area contributed by atoms with Crippen LogP contribution >= 0.6 is 0 Å². The molecule has 8 nitrogen and oxygen atoms in total. The van der Waals surface area contributed by atoms with Gasteiger partial charge in [0.15, 0.2) is 0 Å². The molecular weight excluding hydrogens is 478 g/mol. The Hall–Kier alpha value is -3.59. The Bertz CT molecular complexity index is 1300. The van der Waals surface area contributed by atoms with E-state index in [9.17, 15) is 18.0 Å². The smallest absolute Gasteiger partial charge is 0.244 e. The quantitative estimate of drug-likeness (QED) is 0.425. The Morgan fingerprint density at radius 3 is 2.25 bits per heavy atom. The van der Waals surface area contributed by atoms with Crippen LogP contribution in [0.5, 0.6) is 5.75 Å². The zero-order valence-corrected chi connectivity index (χ0v) is 21.9. The molecule has 0 aromatic heterocycles. The molecule has 1 atom stereocenters. The van der Waals surface area contributed by atoms with Gasteiger partial charge in [-0.25, -0.2) is 8.42 Å². The summed E-state index contributed by atoms with van der Waals surface area (Å²) in [4.78, 5) is 28.1. The SMILES string of the molecule is CCNC(=O)[C@@H](CC)N(Cc1ccc(OC)cc1)C(=O)CN(c1cccc2ccccc12)S(C)(=O)=O. The van der Waals surface area contributed by atoms with Crippen molar-refractivity contribution in [2.45, 2.75) is 32.9 Å². The Labute approximate surface area is 212 Å². The number of carbonyl (C=O) groups is 2. The number of nitrogens with one attached hydrogen (secondary N) is 1. The van der Waals surface area contributed by atoms with Gasteiger partial charge in [0.2, 0.25) is 21.8 Å². The number of rotatable bonds is 11. The first-order chi connectivity index (χ1) is 17.2. The fraction of sp³-hybridized carbons (Fsp3) is 0.333. The van der Waals surface area contributed by atoms with E-state index < -0.39 is 28.5 Å². The molecular formula is C27H33N3O5S. The van der Waals surface area contributed by atoms with E-state index in [1.54, 1.807) is 31.4 Å². The van der Waals surface area contributed by atoms with Crippen LogP contribution in [0.2, 0.25) is 0 Å². The van der Waals surface area contributed by atoms with Crippen LogP contribution in [0.4, 0.5) is 5.69 Å². The molecule has 0 radical (unpaired) electrons. The largest absolute Gasteiger partial charge is 0.497 e. The number of carbonyl (C=O) groups excluding carboxylic acids is 2. The van der Waals surface area contributed by atoms with E-state index in [1.807, 2.05) is 56.3 Å². The van der Waals surface area contributed by atoms with Gasteiger partial charge in [0.05, 0.1) is 19.1 Å². The van der Waals surface area contributed by atoms with E-state index in [2.05, 4.69) is 5.32 Å². The first-order valence-electron chi connectivity index (χ1n) is 11.8. The predicted molar refractivity (Wildman–Crippen MR) is 142 cm³/mol. The minimum atomic E-state index is -3.81. The molecule has 3 rings (SSSR count). The third kappa shape index (κ3) is 6.34. The van der Waals surface area contributed by atoms with Gasteiger partial charge in [0, 0.05) is 18.5 Å². The predicted octanol–water partition coefficient (Wildman–Crippen LogP) is 3.56. The molecule has 0 fully saturated rings. The van der Waals surface area contributed by atoms with Crippen LogP contribution in [0.3, 0.4) is 0 Å². The minimum Gasteiger partial charge on any atom is -0.497 e. The number of benzene rings is 3. The van der Waals surface area contributed by atoms with E-state index in [4.69, 9.17) is 4.74 Å². The van der Waals surface area contributed by atoms with Gasteiger partial charge < -0.3 is 15.0 Å². The third-order valence-corrected chi connectivity index (χ3v) is 7.09. The highest BCUT2D eigenvalue weighted by molar-refractivity contribution is 7.92. The number of sulfonamides is 1. The number of methoxy groups -OCH3 is 1. The van der Waals surface area contributed by atoms with Crippen molar-refractivity contribution in [3.05, 3.63) is 72.3 Å². The molecule has 0 bridgehead atoms. The molecule has 0 aliphatic heterocycles. The van der Waals surface area contributed by atoms with Crippen LogP contribution in [0.1, 0.15) is 25.8 Å². The molecule has 36 heavy (non-hydrogen) atoms. The standard InChI is InChI=1S/C27H33N3O5S/c1-5-24(27(32)28-6-2)29(18-20-14-16-22(35-3)17-15-20)26(31)19-30(36(4,33)34)25-13-9-11-21-10-7-8-12-23(21)25/h7-17,24H,5-6,18-19H2,1-4H3,(H,28,32)/t24-/m1/s1. The number of anilines is 1. The summed E-state index contributed by atoms with van der Waals surface area (Å²) in [5.74, 6) is -0.0770. The topological polar surface area (TPSA) is 96.0 Å². The van der Waals surface area contributed by atoms with Crippen molar-refractivity contribution in [1.29, 1.82) is 0 Å². The summed E-state index contributed by atoms with van der Waals surface area (Å²) in [7, 11) is -2.24. The lowest BCUT2D eigenvalue weighted by atomic mass is 10.1. The van der Waals surface area contributed by atoms with E-state index in [0.717, 1.165) is 26.9 Å². The number of fused-ring (bicyclic) bond motifs is 1. The number of hydrogen-bond donors (Lipinski definition) is 1.